The lowest BCUT2D eigenvalue weighted by Gasteiger charge is -2.31. The highest BCUT2D eigenvalue weighted by Gasteiger charge is 2.27. The Morgan fingerprint density at radius 2 is 2.00 bits per heavy atom. The van der Waals surface area contributed by atoms with Crippen LogP contribution in [0.4, 0.5) is 10.5 Å². The summed E-state index contributed by atoms with van der Waals surface area (Å²) in [6.07, 6.45) is 6.87. The number of pyridine rings is 1. The molecule has 5 nitrogen and oxygen atoms in total. The molecule has 22 heavy (non-hydrogen) atoms. The largest absolute Gasteiger partial charge is 0.443 e. The van der Waals surface area contributed by atoms with E-state index in [1.165, 1.54) is 0 Å². The molecule has 1 aliphatic heterocycles. The summed E-state index contributed by atoms with van der Waals surface area (Å²) in [6, 6.07) is 1.82. The van der Waals surface area contributed by atoms with Gasteiger partial charge < -0.3 is 10.5 Å². The molecule has 0 atom stereocenters. The third-order valence-electron chi connectivity index (χ3n) is 2.88. The van der Waals surface area contributed by atoms with Crippen LogP contribution in [0.3, 0.4) is 0 Å². The maximum atomic E-state index is 12.3. The maximum Gasteiger partial charge on any atom is 0.414 e. The predicted molar refractivity (Wildman–Crippen MR) is 90.1 cm³/mol. The lowest BCUT2D eigenvalue weighted by Crippen LogP contribution is -2.37. The average molecular weight is 305 g/mol. The van der Waals surface area contributed by atoms with Gasteiger partial charge >= 0.3 is 6.09 Å². The highest BCUT2D eigenvalue weighted by atomic mass is 16.6. The Morgan fingerprint density at radius 3 is 2.59 bits per heavy atom. The summed E-state index contributed by atoms with van der Waals surface area (Å²) in [5, 5.41) is 0. The third kappa shape index (κ3) is 5.06. The molecular formula is C17H27N3O2. The Balaban J connectivity index is 0.00000116. The van der Waals surface area contributed by atoms with Gasteiger partial charge in [-0.25, -0.2) is 4.79 Å². The minimum Gasteiger partial charge on any atom is -0.443 e. The molecule has 2 N–H and O–H groups in total. The molecule has 0 unspecified atom stereocenters. The van der Waals surface area contributed by atoms with Crippen molar-refractivity contribution in [2.45, 2.75) is 53.1 Å². The Morgan fingerprint density at radius 1 is 1.32 bits per heavy atom. The molecular weight excluding hydrogens is 278 g/mol. The number of nitrogens with zero attached hydrogens (tertiary/aromatic N) is 2. The Hall–Kier alpha value is -2.04. The van der Waals surface area contributed by atoms with Crippen molar-refractivity contribution < 1.29 is 9.53 Å². The Labute approximate surface area is 133 Å². The number of nitrogens with two attached hydrogens (primary N) is 1. The molecule has 0 bridgehead atoms. The number of anilines is 1. The zero-order chi connectivity index (χ0) is 16.8. The van der Waals surface area contributed by atoms with Gasteiger partial charge in [0.2, 0.25) is 0 Å². The van der Waals surface area contributed by atoms with Gasteiger partial charge in [-0.1, -0.05) is 19.9 Å². The summed E-state index contributed by atoms with van der Waals surface area (Å²) >= 11 is 0. The first-order chi connectivity index (χ1) is 10.4. The molecule has 2 rings (SSSR count). The lowest BCUT2D eigenvalue weighted by molar-refractivity contribution is 0.0347. The van der Waals surface area contributed by atoms with Crippen molar-refractivity contribution in [3.05, 3.63) is 30.1 Å². The summed E-state index contributed by atoms with van der Waals surface area (Å²) in [5.74, 6) is 0. The smallest absolute Gasteiger partial charge is 0.414 e. The van der Waals surface area contributed by atoms with E-state index in [2.05, 4.69) is 4.98 Å². The summed E-state index contributed by atoms with van der Waals surface area (Å²) < 4.78 is 5.45. The van der Waals surface area contributed by atoms with Gasteiger partial charge in [0.15, 0.2) is 0 Å². The zero-order valence-electron chi connectivity index (χ0n) is 14.2. The van der Waals surface area contributed by atoms with Crippen molar-refractivity contribution in [2.24, 2.45) is 0 Å². The van der Waals surface area contributed by atoms with Crippen LogP contribution in [0.15, 0.2) is 24.5 Å². The third-order valence-corrected chi connectivity index (χ3v) is 2.88. The van der Waals surface area contributed by atoms with E-state index in [0.29, 0.717) is 12.2 Å². The van der Waals surface area contributed by atoms with Crippen LogP contribution >= 0.6 is 0 Å². The molecule has 0 saturated heterocycles. The van der Waals surface area contributed by atoms with Crippen molar-refractivity contribution in [1.29, 1.82) is 0 Å². The summed E-state index contributed by atoms with van der Waals surface area (Å²) in [4.78, 5) is 18.0. The van der Waals surface area contributed by atoms with Crippen molar-refractivity contribution in [3.8, 4) is 0 Å². The van der Waals surface area contributed by atoms with Crippen LogP contribution in [0, 0.1) is 0 Å². The number of hydrogen-bond acceptors (Lipinski definition) is 4. The maximum absolute atomic E-state index is 12.3. The summed E-state index contributed by atoms with van der Waals surface area (Å²) in [5.41, 5.74) is 7.51. The molecule has 0 spiro atoms. The van der Waals surface area contributed by atoms with Crippen LogP contribution in [0.1, 0.15) is 53.0 Å². The summed E-state index contributed by atoms with van der Waals surface area (Å²) in [7, 11) is 0. The number of rotatable bonds is 1. The molecule has 1 aliphatic rings. The lowest BCUT2D eigenvalue weighted by atomic mass is 10.1. The fourth-order valence-electron chi connectivity index (χ4n) is 2.10. The molecule has 0 aromatic carbocycles. The van der Waals surface area contributed by atoms with Gasteiger partial charge in [-0.05, 0) is 39.7 Å². The predicted octanol–water partition coefficient (Wildman–Crippen LogP) is 4.06. The molecule has 1 aromatic heterocycles. The molecule has 1 amide bonds. The number of carbonyl (C=O) groups is 1. The quantitative estimate of drug-likeness (QED) is 0.849. The van der Waals surface area contributed by atoms with Gasteiger partial charge in [0.05, 0.1) is 11.4 Å². The molecule has 1 aromatic rings. The second-order valence-electron chi connectivity index (χ2n) is 5.87. The number of hydrogen-bond donors (Lipinski definition) is 1. The number of aromatic nitrogens is 1. The van der Waals surface area contributed by atoms with Crippen LogP contribution in [0.2, 0.25) is 0 Å². The van der Waals surface area contributed by atoms with Crippen LogP contribution in [-0.4, -0.2) is 28.1 Å². The van der Waals surface area contributed by atoms with Gasteiger partial charge in [0.1, 0.15) is 5.60 Å². The molecule has 0 saturated carbocycles. The molecule has 5 heteroatoms. The molecule has 0 aliphatic carbocycles. The summed E-state index contributed by atoms with van der Waals surface area (Å²) in [6.45, 7) is 10.2. The van der Waals surface area contributed by atoms with E-state index < -0.39 is 5.60 Å². The normalized spacial score (nSPS) is 14.6. The highest BCUT2D eigenvalue weighted by molar-refractivity contribution is 5.83. The Bertz CT molecular complexity index is 533. The molecule has 0 radical (unpaired) electrons. The highest BCUT2D eigenvalue weighted by Crippen LogP contribution is 2.27. The van der Waals surface area contributed by atoms with E-state index in [-0.39, 0.29) is 6.09 Å². The monoisotopic (exact) mass is 305 g/mol. The van der Waals surface area contributed by atoms with Crippen molar-refractivity contribution in [1.82, 2.24) is 9.88 Å². The minimum absolute atomic E-state index is 0.328. The number of amides is 1. The first-order valence-corrected chi connectivity index (χ1v) is 7.78. The van der Waals surface area contributed by atoms with E-state index in [1.807, 2.05) is 46.8 Å². The number of ether oxygens (including phenoxy) is 1. The molecule has 122 valence electrons. The fourth-order valence-corrected chi connectivity index (χ4v) is 2.10. The topological polar surface area (TPSA) is 68.5 Å². The Kier molecular flexibility index (Phi) is 6.40. The van der Waals surface area contributed by atoms with E-state index >= 15 is 0 Å². The van der Waals surface area contributed by atoms with Gasteiger partial charge in [0.25, 0.3) is 0 Å². The number of carbonyl (C=O) groups excluding carboxylic acids is 1. The fraction of sp³-hybridized carbons (Fsp3) is 0.529. The SMILES string of the molecule is CC.CC(C)(C)OC(=O)N1CCCC=C1c1cncc(N)c1. The first-order valence-electron chi connectivity index (χ1n) is 7.78. The molecule has 2 heterocycles. The standard InChI is InChI=1S/C15H21N3O2.C2H6/c1-15(2,3)20-14(19)18-7-5-4-6-13(18)11-8-12(16)10-17-9-11;1-2/h6,8-10H,4-5,7,16H2,1-3H3;1-2H3. The van der Waals surface area contributed by atoms with Crippen molar-refractivity contribution in [3.63, 3.8) is 0 Å². The van der Waals surface area contributed by atoms with Gasteiger partial charge in [-0.2, -0.15) is 0 Å². The van der Waals surface area contributed by atoms with Gasteiger partial charge in [0, 0.05) is 24.5 Å². The van der Waals surface area contributed by atoms with Crippen LogP contribution in [0.25, 0.3) is 5.70 Å². The van der Waals surface area contributed by atoms with E-state index in [0.717, 1.165) is 24.1 Å². The number of nitrogen functional groups attached to an aromatic ring is 1. The number of allylic oxidation sites excluding steroid dienone is 1. The second-order valence-corrected chi connectivity index (χ2v) is 5.87. The molecule has 0 fully saturated rings. The first kappa shape index (κ1) is 18.0. The minimum atomic E-state index is -0.506. The van der Waals surface area contributed by atoms with Crippen LogP contribution in [0.5, 0.6) is 0 Å². The van der Waals surface area contributed by atoms with Crippen LogP contribution < -0.4 is 5.73 Å². The van der Waals surface area contributed by atoms with E-state index in [1.54, 1.807) is 17.3 Å². The van der Waals surface area contributed by atoms with Crippen LogP contribution in [-0.2, 0) is 4.74 Å². The van der Waals surface area contributed by atoms with Crippen molar-refractivity contribution >= 4 is 17.5 Å². The average Bonchev–Trinajstić information content (AvgIpc) is 2.47. The van der Waals surface area contributed by atoms with Gasteiger partial charge in [-0.15, -0.1) is 0 Å². The second kappa shape index (κ2) is 7.82. The van der Waals surface area contributed by atoms with Crippen molar-refractivity contribution in [2.75, 3.05) is 12.3 Å². The van der Waals surface area contributed by atoms with E-state index in [9.17, 15) is 4.79 Å². The van der Waals surface area contributed by atoms with E-state index in [4.69, 9.17) is 10.5 Å². The van der Waals surface area contributed by atoms with Gasteiger partial charge in [-0.3, -0.25) is 9.88 Å². The zero-order valence-corrected chi connectivity index (χ0v) is 14.2.